The molecule has 0 aromatic heterocycles. The summed E-state index contributed by atoms with van der Waals surface area (Å²) in [6, 6.07) is 6.13. The zero-order chi connectivity index (χ0) is 12.5. The minimum absolute atomic E-state index is 0.311. The van der Waals surface area contributed by atoms with E-state index in [4.69, 9.17) is 4.74 Å². The number of ether oxygens (including phenoxy) is 1. The maximum absolute atomic E-state index is 11.9. The van der Waals surface area contributed by atoms with Gasteiger partial charge in [-0.15, -0.1) is 0 Å². The molecular weight excluding hydrogens is 332 g/mol. The topological polar surface area (TPSA) is 21.3 Å². The summed E-state index contributed by atoms with van der Waals surface area (Å²) >= 11 is 2.15. The van der Waals surface area contributed by atoms with Gasteiger partial charge < -0.3 is 10.1 Å². The SMILES string of the molecule is CI.FCCCOc1ccc2c(c1)CCNC2. The molecule has 0 bridgehead atoms. The number of halogens is 2. The maximum Gasteiger partial charge on any atom is 0.119 e. The Kier molecular flexibility index (Phi) is 7.51. The molecule has 0 fully saturated rings. The summed E-state index contributed by atoms with van der Waals surface area (Å²) in [5, 5.41) is 3.32. The van der Waals surface area contributed by atoms with Crippen LogP contribution in [0.4, 0.5) is 4.39 Å². The number of alkyl halides is 2. The van der Waals surface area contributed by atoms with Crippen molar-refractivity contribution >= 4 is 22.6 Å². The molecule has 4 heteroatoms. The van der Waals surface area contributed by atoms with Crippen molar-refractivity contribution in [2.24, 2.45) is 0 Å². The van der Waals surface area contributed by atoms with Crippen LogP contribution in [-0.4, -0.2) is 24.8 Å². The van der Waals surface area contributed by atoms with E-state index in [1.807, 2.05) is 11.0 Å². The third-order valence-electron chi connectivity index (χ3n) is 2.61. The number of nitrogens with one attached hydrogen (secondary N) is 1. The van der Waals surface area contributed by atoms with Crippen LogP contribution in [0.5, 0.6) is 5.75 Å². The highest BCUT2D eigenvalue weighted by Gasteiger charge is 2.08. The van der Waals surface area contributed by atoms with Crippen LogP contribution in [0.2, 0.25) is 0 Å². The third-order valence-corrected chi connectivity index (χ3v) is 2.61. The van der Waals surface area contributed by atoms with Crippen molar-refractivity contribution < 1.29 is 9.13 Å². The molecule has 0 unspecified atom stereocenters. The van der Waals surface area contributed by atoms with E-state index >= 15 is 0 Å². The van der Waals surface area contributed by atoms with E-state index in [1.165, 1.54) is 11.1 Å². The molecule has 96 valence electrons. The van der Waals surface area contributed by atoms with Crippen LogP contribution in [0.25, 0.3) is 0 Å². The summed E-state index contributed by atoms with van der Waals surface area (Å²) < 4.78 is 17.3. The molecule has 17 heavy (non-hydrogen) atoms. The molecule has 1 aliphatic rings. The van der Waals surface area contributed by atoms with Crippen LogP contribution in [0.3, 0.4) is 0 Å². The van der Waals surface area contributed by atoms with Crippen molar-refractivity contribution in [3.8, 4) is 5.75 Å². The lowest BCUT2D eigenvalue weighted by Gasteiger charge is -2.17. The molecule has 2 rings (SSSR count). The van der Waals surface area contributed by atoms with Crippen LogP contribution >= 0.6 is 22.6 Å². The summed E-state index contributed by atoms with van der Waals surface area (Å²) in [6.45, 7) is 2.13. The van der Waals surface area contributed by atoms with Gasteiger partial charge in [0.25, 0.3) is 0 Å². The highest BCUT2D eigenvalue weighted by molar-refractivity contribution is 14.1. The Hall–Kier alpha value is -0.360. The lowest BCUT2D eigenvalue weighted by atomic mass is 10.0. The Bertz CT molecular complexity index is 333. The molecule has 1 aromatic rings. The molecule has 0 aliphatic carbocycles. The van der Waals surface area contributed by atoms with Gasteiger partial charge in [0.1, 0.15) is 5.75 Å². The molecule has 0 saturated carbocycles. The van der Waals surface area contributed by atoms with Crippen molar-refractivity contribution in [1.29, 1.82) is 0 Å². The second kappa shape index (κ2) is 8.69. The number of benzene rings is 1. The minimum Gasteiger partial charge on any atom is -0.493 e. The second-order valence-electron chi connectivity index (χ2n) is 3.75. The first kappa shape index (κ1) is 14.7. The van der Waals surface area contributed by atoms with Gasteiger partial charge in [-0.2, -0.15) is 0 Å². The summed E-state index contributed by atoms with van der Waals surface area (Å²) in [6.07, 6.45) is 1.52. The molecule has 1 aliphatic heterocycles. The zero-order valence-electron chi connectivity index (χ0n) is 10.1. The van der Waals surface area contributed by atoms with Crippen molar-refractivity contribution in [3.05, 3.63) is 29.3 Å². The first-order valence-corrected chi connectivity index (χ1v) is 7.95. The van der Waals surface area contributed by atoms with Gasteiger partial charge in [0.05, 0.1) is 13.3 Å². The van der Waals surface area contributed by atoms with E-state index in [2.05, 4.69) is 40.0 Å². The fourth-order valence-electron chi connectivity index (χ4n) is 1.79. The normalized spacial score (nSPS) is 13.4. The zero-order valence-corrected chi connectivity index (χ0v) is 12.3. The predicted octanol–water partition coefficient (Wildman–Crippen LogP) is 3.12. The Balaban J connectivity index is 0.000000686. The molecule has 2 nitrogen and oxygen atoms in total. The van der Waals surface area contributed by atoms with Crippen molar-refractivity contribution in [3.63, 3.8) is 0 Å². The van der Waals surface area contributed by atoms with Gasteiger partial charge in [0, 0.05) is 13.0 Å². The van der Waals surface area contributed by atoms with E-state index in [0.717, 1.165) is 25.3 Å². The van der Waals surface area contributed by atoms with Crippen LogP contribution in [0.15, 0.2) is 18.2 Å². The number of fused-ring (bicyclic) bond motifs is 1. The number of hydrogen-bond acceptors (Lipinski definition) is 2. The van der Waals surface area contributed by atoms with Crippen LogP contribution < -0.4 is 10.1 Å². The number of hydrogen-bond donors (Lipinski definition) is 1. The fraction of sp³-hybridized carbons (Fsp3) is 0.538. The molecule has 0 saturated heterocycles. The van der Waals surface area contributed by atoms with Gasteiger partial charge in [-0.3, -0.25) is 4.39 Å². The molecule has 1 aromatic carbocycles. The fourth-order valence-corrected chi connectivity index (χ4v) is 1.79. The molecule has 1 heterocycles. The highest BCUT2D eigenvalue weighted by atomic mass is 127. The molecule has 0 spiro atoms. The standard InChI is InChI=1S/C12H16FNO.CH3I/c13-5-1-7-15-12-3-2-11-9-14-6-4-10(11)8-12;1-2/h2-3,8,14H,1,4-7,9H2;1H3. The van der Waals surface area contributed by atoms with E-state index in [9.17, 15) is 4.39 Å². The van der Waals surface area contributed by atoms with Crippen LogP contribution in [0.1, 0.15) is 17.5 Å². The van der Waals surface area contributed by atoms with Crippen LogP contribution in [-0.2, 0) is 13.0 Å². The van der Waals surface area contributed by atoms with Gasteiger partial charge in [-0.05, 0) is 41.2 Å². The summed E-state index contributed by atoms with van der Waals surface area (Å²) in [7, 11) is 0. The number of rotatable bonds is 4. The van der Waals surface area contributed by atoms with E-state index in [1.54, 1.807) is 0 Å². The smallest absolute Gasteiger partial charge is 0.119 e. The van der Waals surface area contributed by atoms with E-state index in [0.29, 0.717) is 13.0 Å². The third kappa shape index (κ3) is 4.79. The van der Waals surface area contributed by atoms with Gasteiger partial charge in [0.15, 0.2) is 0 Å². The quantitative estimate of drug-likeness (QED) is 0.511. The average Bonchev–Trinajstić information content (AvgIpc) is 2.41. The Morgan fingerprint density at radius 3 is 2.94 bits per heavy atom. The lowest BCUT2D eigenvalue weighted by molar-refractivity contribution is 0.289. The summed E-state index contributed by atoms with van der Waals surface area (Å²) in [5.74, 6) is 0.865. The molecule has 0 radical (unpaired) electrons. The average molecular weight is 351 g/mol. The van der Waals surface area contributed by atoms with Crippen molar-refractivity contribution in [2.75, 3.05) is 24.8 Å². The first-order chi connectivity index (χ1) is 8.40. The van der Waals surface area contributed by atoms with Gasteiger partial charge in [-0.1, -0.05) is 28.7 Å². The maximum atomic E-state index is 11.9. The van der Waals surface area contributed by atoms with Gasteiger partial charge in [-0.25, -0.2) is 0 Å². The highest BCUT2D eigenvalue weighted by Crippen LogP contribution is 2.20. The van der Waals surface area contributed by atoms with E-state index in [-0.39, 0.29) is 6.67 Å². The molecule has 1 N–H and O–H groups in total. The van der Waals surface area contributed by atoms with Crippen molar-refractivity contribution in [1.82, 2.24) is 5.32 Å². The Labute approximate surface area is 116 Å². The summed E-state index contributed by atoms with van der Waals surface area (Å²) in [4.78, 5) is 1.97. The van der Waals surface area contributed by atoms with Crippen LogP contribution in [0, 0.1) is 0 Å². The minimum atomic E-state index is -0.311. The summed E-state index contributed by atoms with van der Waals surface area (Å²) in [5.41, 5.74) is 2.70. The second-order valence-corrected chi connectivity index (χ2v) is 3.75. The van der Waals surface area contributed by atoms with Gasteiger partial charge in [0.2, 0.25) is 0 Å². The predicted molar refractivity (Wildman–Crippen MR) is 77.9 cm³/mol. The Morgan fingerprint density at radius 2 is 2.18 bits per heavy atom. The molecule has 0 amide bonds. The first-order valence-electron chi connectivity index (χ1n) is 5.79. The van der Waals surface area contributed by atoms with Crippen molar-refractivity contribution in [2.45, 2.75) is 19.4 Å². The monoisotopic (exact) mass is 351 g/mol. The largest absolute Gasteiger partial charge is 0.493 e. The van der Waals surface area contributed by atoms with E-state index < -0.39 is 0 Å². The Morgan fingerprint density at radius 1 is 1.35 bits per heavy atom. The van der Waals surface area contributed by atoms with Gasteiger partial charge >= 0.3 is 0 Å². The molecule has 0 atom stereocenters. The molecular formula is C13H19FINO. The lowest BCUT2D eigenvalue weighted by Crippen LogP contribution is -2.23.